The Kier molecular flexibility index (Phi) is 3.80. The summed E-state index contributed by atoms with van der Waals surface area (Å²) in [4.78, 5) is 11.0. The van der Waals surface area contributed by atoms with Crippen molar-refractivity contribution in [2.24, 2.45) is 0 Å². The van der Waals surface area contributed by atoms with Gasteiger partial charge in [0, 0.05) is 5.69 Å². The van der Waals surface area contributed by atoms with E-state index in [-0.39, 0.29) is 17.1 Å². The summed E-state index contributed by atoms with van der Waals surface area (Å²) in [5, 5.41) is 2.30. The maximum absolute atomic E-state index is 12.5. The van der Waals surface area contributed by atoms with Gasteiger partial charge in [0.25, 0.3) is 0 Å². The first kappa shape index (κ1) is 12.8. The van der Waals surface area contributed by atoms with E-state index in [1.54, 1.807) is 0 Å². The van der Waals surface area contributed by atoms with Gasteiger partial charge in [-0.15, -0.1) is 11.6 Å². The Balaban J connectivity index is 3.09. The van der Waals surface area contributed by atoms with Crippen molar-refractivity contribution in [1.82, 2.24) is 0 Å². The fraction of sp³-hybridized carbons (Fsp3) is 0.300. The van der Waals surface area contributed by atoms with Crippen LogP contribution in [0.5, 0.6) is 0 Å². The van der Waals surface area contributed by atoms with Crippen LogP contribution >= 0.6 is 11.6 Å². The van der Waals surface area contributed by atoms with Crippen molar-refractivity contribution in [2.45, 2.75) is 13.1 Å². The summed E-state index contributed by atoms with van der Waals surface area (Å²) >= 11 is 5.25. The highest BCUT2D eigenvalue weighted by Crippen LogP contribution is 2.34. The van der Waals surface area contributed by atoms with Gasteiger partial charge in [-0.25, -0.2) is 0 Å². The molecule has 6 heteroatoms. The molecule has 0 aliphatic rings. The minimum Gasteiger partial charge on any atom is -0.325 e. The summed E-state index contributed by atoms with van der Waals surface area (Å²) in [5.74, 6) is -0.834. The molecule has 2 nitrogen and oxygen atoms in total. The molecule has 0 saturated heterocycles. The van der Waals surface area contributed by atoms with E-state index in [1.807, 2.05) is 0 Å². The molecule has 88 valence electrons. The standard InChI is InChI=1S/C10H9ClF3NO/c1-6-7(10(12,13)14)3-2-4-8(6)15-9(16)5-11/h2-4H,5H2,1H3,(H,15,16). The van der Waals surface area contributed by atoms with Crippen molar-refractivity contribution in [3.8, 4) is 0 Å². The minimum absolute atomic E-state index is 0.0199. The van der Waals surface area contributed by atoms with Crippen LogP contribution in [0.4, 0.5) is 18.9 Å². The molecule has 1 aromatic rings. The van der Waals surface area contributed by atoms with E-state index >= 15 is 0 Å². The average Bonchev–Trinajstić information content (AvgIpc) is 2.19. The first-order valence-electron chi connectivity index (χ1n) is 4.39. The number of hydrogen-bond donors (Lipinski definition) is 1. The van der Waals surface area contributed by atoms with Crippen LogP contribution in [0.25, 0.3) is 0 Å². The van der Waals surface area contributed by atoms with Gasteiger partial charge in [0.05, 0.1) is 5.56 Å². The number of amides is 1. The molecule has 0 aromatic heterocycles. The Labute approximate surface area is 95.4 Å². The molecule has 0 atom stereocenters. The third-order valence-electron chi connectivity index (χ3n) is 2.03. The Morgan fingerprint density at radius 1 is 1.44 bits per heavy atom. The lowest BCUT2D eigenvalue weighted by Crippen LogP contribution is -2.15. The molecule has 1 amide bonds. The van der Waals surface area contributed by atoms with Crippen molar-refractivity contribution in [2.75, 3.05) is 11.2 Å². The van der Waals surface area contributed by atoms with Crippen molar-refractivity contribution < 1.29 is 18.0 Å². The second kappa shape index (κ2) is 4.74. The number of benzene rings is 1. The summed E-state index contributed by atoms with van der Waals surface area (Å²) in [5.41, 5.74) is -0.659. The maximum Gasteiger partial charge on any atom is 0.416 e. The normalized spacial score (nSPS) is 11.3. The fourth-order valence-corrected chi connectivity index (χ4v) is 1.33. The van der Waals surface area contributed by atoms with Gasteiger partial charge in [-0.05, 0) is 24.6 Å². The van der Waals surface area contributed by atoms with E-state index in [9.17, 15) is 18.0 Å². The fourth-order valence-electron chi connectivity index (χ4n) is 1.26. The van der Waals surface area contributed by atoms with Crippen LogP contribution in [-0.2, 0) is 11.0 Å². The SMILES string of the molecule is Cc1c(NC(=O)CCl)cccc1C(F)(F)F. The van der Waals surface area contributed by atoms with Crippen LogP contribution in [0.2, 0.25) is 0 Å². The molecule has 0 saturated carbocycles. The third kappa shape index (κ3) is 2.88. The molecular formula is C10H9ClF3NO. The molecule has 1 N–H and O–H groups in total. The van der Waals surface area contributed by atoms with Gasteiger partial charge in [0.2, 0.25) is 5.91 Å². The summed E-state index contributed by atoms with van der Waals surface area (Å²) in [6, 6.07) is 3.60. The van der Waals surface area contributed by atoms with Gasteiger partial charge >= 0.3 is 6.18 Å². The van der Waals surface area contributed by atoms with Gasteiger partial charge in [-0.2, -0.15) is 13.2 Å². The lowest BCUT2D eigenvalue weighted by atomic mass is 10.1. The summed E-state index contributed by atoms with van der Waals surface area (Å²) in [7, 11) is 0. The van der Waals surface area contributed by atoms with Gasteiger partial charge in [0.1, 0.15) is 5.88 Å². The molecule has 0 spiro atoms. The van der Waals surface area contributed by atoms with Gasteiger partial charge in [-0.1, -0.05) is 6.07 Å². The Morgan fingerprint density at radius 2 is 2.06 bits per heavy atom. The highest BCUT2D eigenvalue weighted by atomic mass is 35.5. The van der Waals surface area contributed by atoms with Gasteiger partial charge in [0.15, 0.2) is 0 Å². The van der Waals surface area contributed by atoms with Crippen molar-refractivity contribution in [3.05, 3.63) is 29.3 Å². The average molecular weight is 252 g/mol. The lowest BCUT2D eigenvalue weighted by molar-refractivity contribution is -0.138. The highest BCUT2D eigenvalue weighted by molar-refractivity contribution is 6.29. The zero-order valence-corrected chi connectivity index (χ0v) is 9.12. The first-order chi connectivity index (χ1) is 7.36. The van der Waals surface area contributed by atoms with Crippen LogP contribution in [-0.4, -0.2) is 11.8 Å². The number of nitrogens with one attached hydrogen (secondary N) is 1. The molecule has 1 rings (SSSR count). The number of carbonyl (C=O) groups excluding carboxylic acids is 1. The van der Waals surface area contributed by atoms with E-state index in [1.165, 1.54) is 19.1 Å². The second-order valence-corrected chi connectivity index (χ2v) is 3.42. The number of alkyl halides is 4. The summed E-state index contributed by atoms with van der Waals surface area (Å²) in [6.07, 6.45) is -4.42. The Morgan fingerprint density at radius 3 is 2.56 bits per heavy atom. The molecule has 0 radical (unpaired) electrons. The van der Waals surface area contributed by atoms with E-state index in [0.29, 0.717) is 0 Å². The minimum atomic E-state index is -4.42. The number of carbonyl (C=O) groups is 1. The first-order valence-corrected chi connectivity index (χ1v) is 4.92. The molecule has 16 heavy (non-hydrogen) atoms. The monoisotopic (exact) mass is 251 g/mol. The molecule has 0 aliphatic carbocycles. The van der Waals surface area contributed by atoms with Crippen molar-refractivity contribution in [1.29, 1.82) is 0 Å². The predicted molar refractivity (Wildman–Crippen MR) is 55.5 cm³/mol. The van der Waals surface area contributed by atoms with Gasteiger partial charge in [-0.3, -0.25) is 4.79 Å². The summed E-state index contributed by atoms with van der Waals surface area (Å²) < 4.78 is 37.5. The van der Waals surface area contributed by atoms with Crippen LogP contribution < -0.4 is 5.32 Å². The van der Waals surface area contributed by atoms with E-state index in [0.717, 1.165) is 6.07 Å². The van der Waals surface area contributed by atoms with E-state index in [2.05, 4.69) is 5.32 Å². The zero-order chi connectivity index (χ0) is 12.3. The third-order valence-corrected chi connectivity index (χ3v) is 2.28. The summed E-state index contributed by atoms with van der Waals surface area (Å²) in [6.45, 7) is 1.30. The van der Waals surface area contributed by atoms with Crippen molar-refractivity contribution in [3.63, 3.8) is 0 Å². The predicted octanol–water partition coefficient (Wildman–Crippen LogP) is 3.19. The largest absolute Gasteiger partial charge is 0.416 e. The van der Waals surface area contributed by atoms with Crippen LogP contribution in [0.1, 0.15) is 11.1 Å². The van der Waals surface area contributed by atoms with Crippen LogP contribution in [0.15, 0.2) is 18.2 Å². The van der Waals surface area contributed by atoms with Gasteiger partial charge < -0.3 is 5.32 Å². The lowest BCUT2D eigenvalue weighted by Gasteiger charge is -2.14. The van der Waals surface area contributed by atoms with Crippen LogP contribution in [0, 0.1) is 6.92 Å². The molecule has 1 aromatic carbocycles. The zero-order valence-electron chi connectivity index (χ0n) is 8.36. The van der Waals surface area contributed by atoms with E-state index < -0.39 is 17.6 Å². The number of hydrogen-bond acceptors (Lipinski definition) is 1. The number of halogens is 4. The number of rotatable bonds is 2. The molecule has 0 heterocycles. The van der Waals surface area contributed by atoms with E-state index in [4.69, 9.17) is 11.6 Å². The topological polar surface area (TPSA) is 29.1 Å². The second-order valence-electron chi connectivity index (χ2n) is 3.16. The molecule has 0 aliphatic heterocycles. The van der Waals surface area contributed by atoms with Crippen LogP contribution in [0.3, 0.4) is 0 Å². The highest BCUT2D eigenvalue weighted by Gasteiger charge is 2.32. The molecule has 0 unspecified atom stereocenters. The smallest absolute Gasteiger partial charge is 0.325 e. The number of anilines is 1. The quantitative estimate of drug-likeness (QED) is 0.804. The maximum atomic E-state index is 12.5. The molecule has 0 bridgehead atoms. The Bertz CT molecular complexity index is 404. The molecular weight excluding hydrogens is 243 g/mol. The Hall–Kier alpha value is -1.23. The molecule has 0 fully saturated rings. The van der Waals surface area contributed by atoms with Crippen molar-refractivity contribution >= 4 is 23.2 Å².